The number of nitrogens with one attached hydrogen (secondary N) is 2. The molecule has 0 aliphatic heterocycles. The Bertz CT molecular complexity index is 1650. The van der Waals surface area contributed by atoms with Gasteiger partial charge in [0.1, 0.15) is 11.6 Å². The van der Waals surface area contributed by atoms with Gasteiger partial charge >= 0.3 is 0 Å². The normalized spacial score (nSPS) is 12.0. The molecule has 40 heavy (non-hydrogen) atoms. The van der Waals surface area contributed by atoms with Crippen molar-refractivity contribution >= 4 is 40.2 Å². The first kappa shape index (κ1) is 28.0. The molecule has 0 saturated heterocycles. The summed E-state index contributed by atoms with van der Waals surface area (Å²) in [7, 11) is 0. The predicted octanol–water partition coefficient (Wildman–Crippen LogP) is 5.43. The Morgan fingerprint density at radius 1 is 1.02 bits per heavy atom. The van der Waals surface area contributed by atoms with Crippen LogP contribution in [0.25, 0.3) is 16.5 Å². The number of fused-ring (bicyclic) bond motifs is 1. The van der Waals surface area contributed by atoms with Crippen molar-refractivity contribution in [2.24, 2.45) is 10.7 Å². The van der Waals surface area contributed by atoms with E-state index in [4.69, 9.17) is 11.5 Å². The van der Waals surface area contributed by atoms with E-state index in [1.807, 2.05) is 13.0 Å². The number of rotatable bonds is 10. The molecule has 0 bridgehead atoms. The highest BCUT2D eigenvalue weighted by atomic mass is 19.1. The molecule has 0 radical (unpaired) electrons. The van der Waals surface area contributed by atoms with Crippen molar-refractivity contribution in [3.63, 3.8) is 0 Å². The molecule has 1 heterocycles. The molecule has 2 amide bonds. The van der Waals surface area contributed by atoms with Gasteiger partial charge in [-0.1, -0.05) is 25.6 Å². The number of primary amides is 1. The van der Waals surface area contributed by atoms with Crippen molar-refractivity contribution in [2.45, 2.75) is 26.2 Å². The van der Waals surface area contributed by atoms with Crippen molar-refractivity contribution in [3.05, 3.63) is 119 Å². The molecule has 3 aromatic carbocycles. The molecule has 1 aromatic heterocycles. The summed E-state index contributed by atoms with van der Waals surface area (Å²) in [6, 6.07) is 15.1. The van der Waals surface area contributed by atoms with Crippen LogP contribution in [-0.2, 0) is 17.6 Å². The third-order valence-corrected chi connectivity index (χ3v) is 6.21. The van der Waals surface area contributed by atoms with Gasteiger partial charge in [0.2, 0.25) is 11.8 Å². The van der Waals surface area contributed by atoms with E-state index in [0.717, 1.165) is 22.5 Å². The maximum absolute atomic E-state index is 14.1. The van der Waals surface area contributed by atoms with E-state index in [0.29, 0.717) is 28.9 Å². The van der Waals surface area contributed by atoms with Gasteiger partial charge in [-0.2, -0.15) is 0 Å². The molecule has 204 valence electrons. The highest BCUT2D eigenvalue weighted by Gasteiger charge is 2.18. The smallest absolute Gasteiger partial charge is 0.248 e. The number of amides is 2. The van der Waals surface area contributed by atoms with E-state index in [2.05, 4.69) is 21.9 Å². The SMILES string of the molecule is C=C(/C(N=CCC)=C(\Cc1cc(F)cc(F)c1)NC(=O)Cc1c[nH]c2ccc(N)cc12)c1cccc(C(N)=O)c1. The Balaban J connectivity index is 1.77. The van der Waals surface area contributed by atoms with Gasteiger partial charge in [0.05, 0.1) is 12.1 Å². The molecule has 0 aliphatic carbocycles. The molecular weight excluding hydrogens is 512 g/mol. The number of halogens is 2. The summed E-state index contributed by atoms with van der Waals surface area (Å²) in [5.74, 6) is -2.48. The summed E-state index contributed by atoms with van der Waals surface area (Å²) < 4.78 is 28.1. The van der Waals surface area contributed by atoms with Gasteiger partial charge in [0, 0.05) is 58.3 Å². The fraction of sp³-hybridized carbons (Fsp3) is 0.129. The molecule has 0 saturated carbocycles. The van der Waals surface area contributed by atoms with Crippen LogP contribution in [0.5, 0.6) is 0 Å². The summed E-state index contributed by atoms with van der Waals surface area (Å²) in [6.45, 7) is 6.06. The van der Waals surface area contributed by atoms with E-state index in [1.165, 1.54) is 12.1 Å². The molecule has 4 rings (SSSR count). The van der Waals surface area contributed by atoms with Crippen molar-refractivity contribution in [2.75, 3.05) is 5.73 Å². The number of carbonyl (C=O) groups excluding carboxylic acids is 2. The Morgan fingerprint density at radius 2 is 1.75 bits per heavy atom. The minimum atomic E-state index is -0.747. The first-order chi connectivity index (χ1) is 19.1. The highest BCUT2D eigenvalue weighted by molar-refractivity contribution is 5.95. The number of aromatic nitrogens is 1. The number of anilines is 1. The lowest BCUT2D eigenvalue weighted by Gasteiger charge is -2.17. The number of nitrogens with two attached hydrogens (primary N) is 2. The average molecular weight is 542 g/mol. The summed E-state index contributed by atoms with van der Waals surface area (Å²) >= 11 is 0. The number of aliphatic imine (C=N–C) groups is 1. The van der Waals surface area contributed by atoms with Crippen LogP contribution in [-0.4, -0.2) is 23.0 Å². The number of hydrogen-bond acceptors (Lipinski definition) is 4. The molecule has 0 spiro atoms. The number of nitrogens with zero attached hydrogens (tertiary/aromatic N) is 1. The second-order valence-electron chi connectivity index (χ2n) is 9.27. The molecular formula is C31H29F2N5O2. The lowest BCUT2D eigenvalue weighted by Crippen LogP contribution is -2.27. The molecule has 0 aliphatic rings. The monoisotopic (exact) mass is 541 g/mol. The molecule has 7 nitrogen and oxygen atoms in total. The first-order valence-electron chi connectivity index (χ1n) is 12.6. The van der Waals surface area contributed by atoms with Crippen LogP contribution in [0.1, 0.15) is 40.4 Å². The summed E-state index contributed by atoms with van der Waals surface area (Å²) in [6.07, 6.45) is 3.90. The van der Waals surface area contributed by atoms with Crippen LogP contribution >= 0.6 is 0 Å². The number of aromatic amines is 1. The molecule has 9 heteroatoms. The number of hydrogen-bond donors (Lipinski definition) is 4. The fourth-order valence-corrected chi connectivity index (χ4v) is 4.35. The van der Waals surface area contributed by atoms with Crippen LogP contribution in [0, 0.1) is 11.6 Å². The van der Waals surface area contributed by atoms with Gasteiger partial charge in [0.25, 0.3) is 0 Å². The van der Waals surface area contributed by atoms with Crippen LogP contribution in [0.3, 0.4) is 0 Å². The quantitative estimate of drug-likeness (QED) is 0.121. The number of allylic oxidation sites excluding steroid dienone is 2. The van der Waals surface area contributed by atoms with Crippen LogP contribution in [0.2, 0.25) is 0 Å². The van der Waals surface area contributed by atoms with Gasteiger partial charge < -0.3 is 21.8 Å². The molecule has 0 atom stereocenters. The van der Waals surface area contributed by atoms with Crippen molar-refractivity contribution in [1.82, 2.24) is 10.3 Å². The van der Waals surface area contributed by atoms with E-state index < -0.39 is 17.5 Å². The van der Waals surface area contributed by atoms with Crippen molar-refractivity contribution in [3.8, 4) is 0 Å². The average Bonchev–Trinajstić information content (AvgIpc) is 3.29. The zero-order valence-corrected chi connectivity index (χ0v) is 21.9. The van der Waals surface area contributed by atoms with Crippen LogP contribution in [0.15, 0.2) is 89.8 Å². The summed E-state index contributed by atoms with van der Waals surface area (Å²) in [5, 5.41) is 3.71. The van der Waals surface area contributed by atoms with Crippen LogP contribution in [0.4, 0.5) is 14.5 Å². The second kappa shape index (κ2) is 12.2. The van der Waals surface area contributed by atoms with E-state index >= 15 is 0 Å². The van der Waals surface area contributed by atoms with Crippen molar-refractivity contribution < 1.29 is 18.4 Å². The summed E-state index contributed by atoms with van der Waals surface area (Å²) in [5.41, 5.74) is 15.6. The Hall–Kier alpha value is -5.05. The van der Waals surface area contributed by atoms with Gasteiger partial charge in [0.15, 0.2) is 0 Å². The Labute approximate surface area is 230 Å². The zero-order chi connectivity index (χ0) is 28.8. The zero-order valence-electron chi connectivity index (χ0n) is 21.9. The van der Waals surface area contributed by atoms with Crippen LogP contribution < -0.4 is 16.8 Å². The Kier molecular flexibility index (Phi) is 8.54. The van der Waals surface area contributed by atoms with Gasteiger partial charge in [-0.05, 0) is 65.6 Å². The Morgan fingerprint density at radius 3 is 2.45 bits per heavy atom. The molecule has 0 fully saturated rings. The van der Waals surface area contributed by atoms with Crippen molar-refractivity contribution in [1.29, 1.82) is 0 Å². The molecule has 0 unspecified atom stereocenters. The summed E-state index contributed by atoms with van der Waals surface area (Å²) in [4.78, 5) is 32.8. The maximum atomic E-state index is 14.1. The second-order valence-corrected chi connectivity index (χ2v) is 9.27. The largest absolute Gasteiger partial charge is 0.399 e. The maximum Gasteiger partial charge on any atom is 0.248 e. The third-order valence-electron chi connectivity index (χ3n) is 6.21. The van der Waals surface area contributed by atoms with Gasteiger partial charge in [-0.25, -0.2) is 8.78 Å². The van der Waals surface area contributed by atoms with Gasteiger partial charge in [-0.3, -0.25) is 14.6 Å². The number of carbonyl (C=O) groups is 2. The number of H-pyrrole nitrogens is 1. The van der Waals surface area contributed by atoms with E-state index in [-0.39, 0.29) is 35.6 Å². The fourth-order valence-electron chi connectivity index (χ4n) is 4.35. The van der Waals surface area contributed by atoms with Gasteiger partial charge in [-0.15, -0.1) is 0 Å². The lowest BCUT2D eigenvalue weighted by atomic mass is 9.98. The lowest BCUT2D eigenvalue weighted by molar-refractivity contribution is -0.119. The minimum Gasteiger partial charge on any atom is -0.399 e. The van der Waals surface area contributed by atoms with E-state index in [9.17, 15) is 18.4 Å². The third kappa shape index (κ3) is 6.68. The number of benzene rings is 3. The first-order valence-corrected chi connectivity index (χ1v) is 12.6. The van der Waals surface area contributed by atoms with E-state index in [1.54, 1.807) is 48.8 Å². The topological polar surface area (TPSA) is 126 Å². The minimum absolute atomic E-state index is 0.00112. The standard InChI is InChI=1S/C31H29F2N5O2/c1-3-9-36-30(18(2)20-5-4-6-21(13-20)31(35)40)28(12-19-10-23(32)15-24(33)11-19)38-29(39)14-22-17-37-27-8-7-25(34)16-26(22)27/h4-11,13,15-17,37H,2-3,12,14,34H2,1H3,(H2,35,40)(H,38,39)/b30-28-,36-9?. The highest BCUT2D eigenvalue weighted by Crippen LogP contribution is 2.28. The number of nitrogen functional groups attached to an aromatic ring is 1. The molecule has 6 N–H and O–H groups in total. The predicted molar refractivity (Wildman–Crippen MR) is 154 cm³/mol. The molecule has 4 aromatic rings.